The molecule has 1 unspecified atom stereocenters. The molecule has 118 valence electrons. The first kappa shape index (κ1) is 16.5. The zero-order valence-corrected chi connectivity index (χ0v) is 14.0. The number of thiophene rings is 1. The summed E-state index contributed by atoms with van der Waals surface area (Å²) in [6.07, 6.45) is 2.69. The highest BCUT2D eigenvalue weighted by Gasteiger charge is 2.24. The summed E-state index contributed by atoms with van der Waals surface area (Å²) in [6.45, 7) is 7.19. The van der Waals surface area contributed by atoms with Crippen molar-refractivity contribution in [3.05, 3.63) is 22.4 Å². The number of nitrogens with zero attached hydrogens (tertiary/aromatic N) is 2. The number of likely N-dealkylation sites (N-methyl/N-ethyl adjacent to an activating group) is 1. The number of unbranched alkanes of at least 4 members (excludes halogenated alkanes) is 1. The third-order valence-corrected chi connectivity index (χ3v) is 4.86. The van der Waals surface area contributed by atoms with Crippen LogP contribution in [0.2, 0.25) is 0 Å². The Bertz CT molecular complexity index is 413. The van der Waals surface area contributed by atoms with Crippen molar-refractivity contribution < 1.29 is 4.79 Å². The Kier molecular flexibility index (Phi) is 6.67. The molecule has 0 radical (unpaired) electrons. The average molecular weight is 309 g/mol. The number of hydrogen-bond acceptors (Lipinski definition) is 4. The molecule has 5 heteroatoms. The van der Waals surface area contributed by atoms with E-state index in [2.05, 4.69) is 45.9 Å². The largest absolute Gasteiger partial charge is 0.354 e. The van der Waals surface area contributed by atoms with Gasteiger partial charge in [0.05, 0.1) is 6.04 Å². The maximum Gasteiger partial charge on any atom is 0.220 e. The second kappa shape index (κ2) is 8.51. The summed E-state index contributed by atoms with van der Waals surface area (Å²) in [5, 5.41) is 7.46. The maximum atomic E-state index is 11.9. The van der Waals surface area contributed by atoms with Crippen LogP contribution in [-0.2, 0) is 4.79 Å². The van der Waals surface area contributed by atoms with E-state index in [0.29, 0.717) is 12.5 Å². The van der Waals surface area contributed by atoms with Gasteiger partial charge in [0.25, 0.3) is 0 Å². The van der Waals surface area contributed by atoms with Crippen molar-refractivity contribution in [2.75, 3.05) is 39.8 Å². The lowest BCUT2D eigenvalue weighted by Crippen LogP contribution is -2.48. The first-order chi connectivity index (χ1) is 10.2. The summed E-state index contributed by atoms with van der Waals surface area (Å²) < 4.78 is 0. The second-order valence-electron chi connectivity index (χ2n) is 5.82. The fourth-order valence-corrected chi connectivity index (χ4v) is 3.40. The van der Waals surface area contributed by atoms with E-state index in [1.807, 2.05) is 0 Å². The molecule has 1 saturated heterocycles. The second-order valence-corrected chi connectivity index (χ2v) is 6.60. The van der Waals surface area contributed by atoms with Gasteiger partial charge < -0.3 is 10.2 Å². The molecule has 1 atom stereocenters. The molecule has 1 aromatic rings. The molecular formula is C16H27N3OS. The molecule has 1 N–H and O–H groups in total. The number of rotatable bonds is 7. The van der Waals surface area contributed by atoms with E-state index in [1.54, 1.807) is 11.3 Å². The van der Waals surface area contributed by atoms with Crippen molar-refractivity contribution in [2.24, 2.45) is 0 Å². The van der Waals surface area contributed by atoms with E-state index in [1.165, 1.54) is 5.56 Å². The molecule has 0 bridgehead atoms. The molecule has 0 saturated carbocycles. The Morgan fingerprint density at radius 1 is 1.38 bits per heavy atom. The van der Waals surface area contributed by atoms with Gasteiger partial charge in [0.2, 0.25) is 5.91 Å². The van der Waals surface area contributed by atoms with E-state index >= 15 is 0 Å². The molecule has 1 aliphatic heterocycles. The quantitative estimate of drug-likeness (QED) is 0.840. The Labute approximate surface area is 132 Å². The molecule has 1 fully saturated rings. The summed E-state index contributed by atoms with van der Waals surface area (Å²) in [4.78, 5) is 16.7. The van der Waals surface area contributed by atoms with Crippen molar-refractivity contribution in [2.45, 2.75) is 32.2 Å². The normalized spacial score (nSPS) is 18.6. The minimum Gasteiger partial charge on any atom is -0.354 e. The molecule has 1 aromatic heterocycles. The van der Waals surface area contributed by atoms with E-state index in [0.717, 1.165) is 45.6 Å². The highest BCUT2D eigenvalue weighted by molar-refractivity contribution is 7.07. The lowest BCUT2D eigenvalue weighted by atomic mass is 10.1. The molecule has 2 heterocycles. The summed E-state index contributed by atoms with van der Waals surface area (Å²) in [5.74, 6) is 0.186. The smallest absolute Gasteiger partial charge is 0.220 e. The predicted octanol–water partition coefficient (Wildman–Crippen LogP) is 2.34. The lowest BCUT2D eigenvalue weighted by Gasteiger charge is -2.38. The number of carbonyl (C=O) groups is 1. The van der Waals surface area contributed by atoms with Gasteiger partial charge >= 0.3 is 0 Å². The topological polar surface area (TPSA) is 35.6 Å². The van der Waals surface area contributed by atoms with Crippen LogP contribution < -0.4 is 5.32 Å². The van der Waals surface area contributed by atoms with Crippen LogP contribution in [0.15, 0.2) is 16.8 Å². The van der Waals surface area contributed by atoms with Crippen molar-refractivity contribution in [3.63, 3.8) is 0 Å². The summed E-state index contributed by atoms with van der Waals surface area (Å²) in [7, 11) is 2.17. The van der Waals surface area contributed by atoms with E-state index < -0.39 is 0 Å². The molecule has 0 aromatic carbocycles. The van der Waals surface area contributed by atoms with Gasteiger partial charge in [-0.05, 0) is 35.9 Å². The zero-order chi connectivity index (χ0) is 15.1. The van der Waals surface area contributed by atoms with Crippen LogP contribution in [0.1, 0.15) is 37.8 Å². The molecule has 0 aliphatic carbocycles. The number of hydrogen-bond donors (Lipinski definition) is 1. The minimum atomic E-state index is 0.186. The number of piperazine rings is 1. The van der Waals surface area contributed by atoms with Crippen LogP contribution in [-0.4, -0.2) is 55.5 Å². The van der Waals surface area contributed by atoms with E-state index in [-0.39, 0.29) is 5.91 Å². The standard InChI is InChI=1S/C16H27N3OS/c1-3-4-5-16(20)17-12-15(14-6-11-21-13-14)19-9-7-18(2)8-10-19/h6,11,13,15H,3-5,7-10,12H2,1-2H3,(H,17,20). The van der Waals surface area contributed by atoms with Gasteiger partial charge in [-0.3, -0.25) is 9.69 Å². The monoisotopic (exact) mass is 309 g/mol. The van der Waals surface area contributed by atoms with Crippen molar-refractivity contribution in [3.8, 4) is 0 Å². The Balaban J connectivity index is 1.92. The average Bonchev–Trinajstić information content (AvgIpc) is 3.01. The van der Waals surface area contributed by atoms with Gasteiger partial charge in [-0.25, -0.2) is 0 Å². The number of nitrogens with one attached hydrogen (secondary N) is 1. The van der Waals surface area contributed by atoms with Gasteiger partial charge in [0, 0.05) is 39.1 Å². The third kappa shape index (κ3) is 5.09. The van der Waals surface area contributed by atoms with Crippen molar-refractivity contribution in [1.82, 2.24) is 15.1 Å². The van der Waals surface area contributed by atoms with E-state index in [9.17, 15) is 4.79 Å². The molecule has 1 aliphatic rings. The Hall–Kier alpha value is -0.910. The van der Waals surface area contributed by atoms with Gasteiger partial charge in [-0.15, -0.1) is 0 Å². The van der Waals surface area contributed by atoms with Crippen LogP contribution in [0.25, 0.3) is 0 Å². The van der Waals surface area contributed by atoms with Gasteiger partial charge in [0.15, 0.2) is 0 Å². The van der Waals surface area contributed by atoms with Gasteiger partial charge in [-0.2, -0.15) is 11.3 Å². The van der Waals surface area contributed by atoms with Crippen LogP contribution in [0, 0.1) is 0 Å². The van der Waals surface area contributed by atoms with E-state index in [4.69, 9.17) is 0 Å². The summed E-state index contributed by atoms with van der Waals surface area (Å²) in [5.41, 5.74) is 1.33. The third-order valence-electron chi connectivity index (χ3n) is 4.16. The minimum absolute atomic E-state index is 0.186. The van der Waals surface area contributed by atoms with Gasteiger partial charge in [0.1, 0.15) is 0 Å². The zero-order valence-electron chi connectivity index (χ0n) is 13.2. The van der Waals surface area contributed by atoms with Crippen LogP contribution in [0.5, 0.6) is 0 Å². The molecule has 1 amide bonds. The predicted molar refractivity (Wildman–Crippen MR) is 88.7 cm³/mol. The Morgan fingerprint density at radius 2 is 2.14 bits per heavy atom. The van der Waals surface area contributed by atoms with Gasteiger partial charge in [-0.1, -0.05) is 13.3 Å². The summed E-state index contributed by atoms with van der Waals surface area (Å²) >= 11 is 1.73. The highest BCUT2D eigenvalue weighted by atomic mass is 32.1. The molecule has 2 rings (SSSR count). The van der Waals surface area contributed by atoms with Crippen LogP contribution in [0.4, 0.5) is 0 Å². The summed E-state index contributed by atoms with van der Waals surface area (Å²) in [6, 6.07) is 2.50. The number of carbonyl (C=O) groups excluding carboxylic acids is 1. The first-order valence-electron chi connectivity index (χ1n) is 7.92. The maximum absolute atomic E-state index is 11.9. The SMILES string of the molecule is CCCCC(=O)NCC(c1ccsc1)N1CCN(C)CC1. The highest BCUT2D eigenvalue weighted by Crippen LogP contribution is 2.23. The first-order valence-corrected chi connectivity index (χ1v) is 8.86. The molecular weight excluding hydrogens is 282 g/mol. The van der Waals surface area contributed by atoms with Crippen LogP contribution in [0.3, 0.4) is 0 Å². The van der Waals surface area contributed by atoms with Crippen molar-refractivity contribution >= 4 is 17.2 Å². The molecule has 0 spiro atoms. The molecule has 4 nitrogen and oxygen atoms in total. The molecule has 21 heavy (non-hydrogen) atoms. The fraction of sp³-hybridized carbons (Fsp3) is 0.688. The lowest BCUT2D eigenvalue weighted by molar-refractivity contribution is -0.121. The van der Waals surface area contributed by atoms with Crippen molar-refractivity contribution in [1.29, 1.82) is 0 Å². The number of amides is 1. The van der Waals surface area contributed by atoms with Crippen LogP contribution >= 0.6 is 11.3 Å². The Morgan fingerprint density at radius 3 is 2.76 bits per heavy atom. The fourth-order valence-electron chi connectivity index (χ4n) is 2.69.